The van der Waals surface area contributed by atoms with E-state index in [2.05, 4.69) is 5.32 Å². The van der Waals surface area contributed by atoms with E-state index in [-0.39, 0.29) is 6.61 Å². The van der Waals surface area contributed by atoms with Crippen LogP contribution >= 0.6 is 0 Å². The first-order valence-electron chi connectivity index (χ1n) is 5.78. The maximum atomic E-state index is 8.95. The molecule has 0 aliphatic heterocycles. The van der Waals surface area contributed by atoms with E-state index < -0.39 is 0 Å². The van der Waals surface area contributed by atoms with Crippen LogP contribution in [0.4, 0.5) is 5.69 Å². The summed E-state index contributed by atoms with van der Waals surface area (Å²) in [5.41, 5.74) is 2.05. The molecule has 2 rings (SSSR count). The summed E-state index contributed by atoms with van der Waals surface area (Å²) < 4.78 is 5.22. The number of benzene rings is 1. The van der Waals surface area contributed by atoms with Crippen LogP contribution in [-0.2, 0) is 11.3 Å². The molecule has 2 N–H and O–H groups in total. The van der Waals surface area contributed by atoms with Crippen molar-refractivity contribution in [2.24, 2.45) is 5.92 Å². The molecule has 0 aromatic heterocycles. The van der Waals surface area contributed by atoms with Gasteiger partial charge in [-0.3, -0.25) is 0 Å². The van der Waals surface area contributed by atoms with Crippen molar-refractivity contribution in [3.63, 3.8) is 0 Å². The van der Waals surface area contributed by atoms with E-state index in [1.54, 1.807) is 7.11 Å². The van der Waals surface area contributed by atoms with Gasteiger partial charge in [-0.15, -0.1) is 0 Å². The summed E-state index contributed by atoms with van der Waals surface area (Å²) >= 11 is 0. The summed E-state index contributed by atoms with van der Waals surface area (Å²) in [5.74, 6) is 0.762. The van der Waals surface area contributed by atoms with Crippen molar-refractivity contribution >= 4 is 5.69 Å². The molecule has 0 bridgehead atoms. The molecule has 1 fully saturated rings. The summed E-state index contributed by atoms with van der Waals surface area (Å²) in [5, 5.41) is 12.4. The molecular weight excluding hydrogens is 202 g/mol. The first kappa shape index (κ1) is 11.4. The van der Waals surface area contributed by atoms with Gasteiger partial charge in [0.15, 0.2) is 0 Å². The quantitative estimate of drug-likeness (QED) is 0.772. The van der Waals surface area contributed by atoms with E-state index in [4.69, 9.17) is 9.84 Å². The van der Waals surface area contributed by atoms with Crippen LogP contribution in [0.1, 0.15) is 18.4 Å². The van der Waals surface area contributed by atoms with Crippen LogP contribution in [0.25, 0.3) is 0 Å². The van der Waals surface area contributed by atoms with Crippen molar-refractivity contribution in [1.82, 2.24) is 0 Å². The van der Waals surface area contributed by atoms with Gasteiger partial charge in [0, 0.05) is 12.8 Å². The lowest BCUT2D eigenvalue weighted by Crippen LogP contribution is -2.27. The van der Waals surface area contributed by atoms with Gasteiger partial charge in [0.05, 0.1) is 19.3 Å². The van der Waals surface area contributed by atoms with E-state index in [9.17, 15) is 0 Å². The van der Waals surface area contributed by atoms with E-state index in [0.717, 1.165) is 23.8 Å². The molecule has 1 unspecified atom stereocenters. The first-order chi connectivity index (χ1) is 7.83. The molecule has 1 aromatic rings. The van der Waals surface area contributed by atoms with Gasteiger partial charge < -0.3 is 15.2 Å². The average molecular weight is 221 g/mol. The average Bonchev–Trinajstić information content (AvgIpc) is 3.13. The number of hydrogen-bond donors (Lipinski definition) is 2. The minimum Gasteiger partial charge on any atom is -0.392 e. The lowest BCUT2D eigenvalue weighted by Gasteiger charge is -2.18. The Bertz CT molecular complexity index is 319. The minimum absolute atomic E-state index is 0.102. The Morgan fingerprint density at radius 2 is 2.06 bits per heavy atom. The van der Waals surface area contributed by atoms with Crippen LogP contribution in [-0.4, -0.2) is 24.9 Å². The second-order valence-electron chi connectivity index (χ2n) is 4.40. The zero-order valence-electron chi connectivity index (χ0n) is 9.65. The second-order valence-corrected chi connectivity index (χ2v) is 4.40. The SMILES string of the molecule is COCC(Nc1ccc(CO)cc1)C1CC1. The van der Waals surface area contributed by atoms with Crippen molar-refractivity contribution in [3.05, 3.63) is 29.8 Å². The van der Waals surface area contributed by atoms with Gasteiger partial charge in [-0.1, -0.05) is 12.1 Å². The third-order valence-electron chi connectivity index (χ3n) is 3.03. The molecule has 88 valence electrons. The lowest BCUT2D eigenvalue weighted by atomic mass is 10.1. The molecule has 0 heterocycles. The molecule has 3 nitrogen and oxygen atoms in total. The van der Waals surface area contributed by atoms with Crippen LogP contribution in [0.5, 0.6) is 0 Å². The highest BCUT2D eigenvalue weighted by molar-refractivity contribution is 5.45. The van der Waals surface area contributed by atoms with Gasteiger partial charge in [0.1, 0.15) is 0 Å². The molecule has 0 spiro atoms. The van der Waals surface area contributed by atoms with Crippen LogP contribution < -0.4 is 5.32 Å². The molecule has 0 amide bonds. The number of rotatable bonds is 6. The predicted octanol–water partition coefficient (Wildman–Crippen LogP) is 2.02. The minimum atomic E-state index is 0.102. The predicted molar refractivity (Wildman–Crippen MR) is 64.4 cm³/mol. The Kier molecular flexibility index (Phi) is 3.80. The molecule has 1 atom stereocenters. The molecular formula is C13H19NO2. The van der Waals surface area contributed by atoms with Crippen molar-refractivity contribution < 1.29 is 9.84 Å². The third-order valence-corrected chi connectivity index (χ3v) is 3.03. The molecule has 0 radical (unpaired) electrons. The molecule has 16 heavy (non-hydrogen) atoms. The smallest absolute Gasteiger partial charge is 0.0681 e. The van der Waals surface area contributed by atoms with Crippen molar-refractivity contribution in [3.8, 4) is 0 Å². The first-order valence-corrected chi connectivity index (χ1v) is 5.78. The van der Waals surface area contributed by atoms with Gasteiger partial charge >= 0.3 is 0 Å². The van der Waals surface area contributed by atoms with E-state index in [0.29, 0.717) is 6.04 Å². The number of nitrogens with one attached hydrogen (secondary N) is 1. The standard InChI is InChI=1S/C13H19NO2/c1-16-9-13(11-4-5-11)14-12-6-2-10(8-15)3-7-12/h2-3,6-7,11,13-15H,4-5,8-9H2,1H3. The number of hydrogen-bond acceptors (Lipinski definition) is 3. The van der Waals surface area contributed by atoms with E-state index in [1.807, 2.05) is 24.3 Å². The largest absolute Gasteiger partial charge is 0.392 e. The van der Waals surface area contributed by atoms with Crippen LogP contribution in [0.2, 0.25) is 0 Å². The number of aliphatic hydroxyl groups is 1. The van der Waals surface area contributed by atoms with Gasteiger partial charge in [0.2, 0.25) is 0 Å². The Morgan fingerprint density at radius 1 is 1.38 bits per heavy atom. The molecule has 1 aromatic carbocycles. The highest BCUT2D eigenvalue weighted by Crippen LogP contribution is 2.34. The second kappa shape index (κ2) is 5.32. The number of ether oxygens (including phenoxy) is 1. The molecule has 1 aliphatic rings. The maximum absolute atomic E-state index is 8.95. The summed E-state index contributed by atoms with van der Waals surface area (Å²) in [4.78, 5) is 0. The highest BCUT2D eigenvalue weighted by Gasteiger charge is 2.30. The summed E-state index contributed by atoms with van der Waals surface area (Å²) in [6.45, 7) is 0.858. The van der Waals surface area contributed by atoms with Gasteiger partial charge in [-0.05, 0) is 36.5 Å². The van der Waals surface area contributed by atoms with Crippen LogP contribution in [0.3, 0.4) is 0 Å². The third kappa shape index (κ3) is 2.97. The fourth-order valence-electron chi connectivity index (χ4n) is 1.89. The summed E-state index contributed by atoms with van der Waals surface area (Å²) in [6.07, 6.45) is 2.60. The Labute approximate surface area is 96.4 Å². The number of aliphatic hydroxyl groups excluding tert-OH is 1. The Balaban J connectivity index is 1.94. The topological polar surface area (TPSA) is 41.5 Å². The number of methoxy groups -OCH3 is 1. The fraction of sp³-hybridized carbons (Fsp3) is 0.538. The highest BCUT2D eigenvalue weighted by atomic mass is 16.5. The molecule has 1 aliphatic carbocycles. The zero-order valence-corrected chi connectivity index (χ0v) is 9.65. The van der Waals surface area contributed by atoms with Crippen LogP contribution in [0, 0.1) is 5.92 Å². The Hall–Kier alpha value is -1.06. The summed E-state index contributed by atoms with van der Waals surface area (Å²) in [6, 6.07) is 8.33. The van der Waals surface area contributed by atoms with Crippen LogP contribution in [0.15, 0.2) is 24.3 Å². The van der Waals surface area contributed by atoms with Gasteiger partial charge in [0.25, 0.3) is 0 Å². The number of anilines is 1. The van der Waals surface area contributed by atoms with E-state index in [1.165, 1.54) is 12.8 Å². The molecule has 3 heteroatoms. The normalized spacial score (nSPS) is 17.1. The monoisotopic (exact) mass is 221 g/mol. The van der Waals surface area contributed by atoms with Crippen molar-refractivity contribution in [2.45, 2.75) is 25.5 Å². The fourth-order valence-corrected chi connectivity index (χ4v) is 1.89. The lowest BCUT2D eigenvalue weighted by molar-refractivity contribution is 0.179. The van der Waals surface area contributed by atoms with Gasteiger partial charge in [-0.2, -0.15) is 0 Å². The van der Waals surface area contributed by atoms with Gasteiger partial charge in [-0.25, -0.2) is 0 Å². The van der Waals surface area contributed by atoms with E-state index >= 15 is 0 Å². The molecule has 1 saturated carbocycles. The van der Waals surface area contributed by atoms with Crippen molar-refractivity contribution in [1.29, 1.82) is 0 Å². The zero-order chi connectivity index (χ0) is 11.4. The Morgan fingerprint density at radius 3 is 2.56 bits per heavy atom. The molecule has 0 saturated heterocycles. The maximum Gasteiger partial charge on any atom is 0.0681 e. The summed E-state index contributed by atoms with van der Waals surface area (Å²) in [7, 11) is 1.74. The van der Waals surface area contributed by atoms with Crippen molar-refractivity contribution in [2.75, 3.05) is 19.0 Å².